The van der Waals surface area contributed by atoms with Crippen LogP contribution in [0.4, 0.5) is 5.69 Å². The molecule has 1 amide bonds. The Morgan fingerprint density at radius 3 is 2.13 bits per heavy atom. The molecule has 1 aliphatic heterocycles. The molecule has 0 aliphatic carbocycles. The van der Waals surface area contributed by atoms with E-state index in [4.69, 9.17) is 9.47 Å². The average molecular weight is 661 g/mol. The molecule has 2 aromatic carbocycles. The Morgan fingerprint density at radius 2 is 1.49 bits per heavy atom. The Kier molecular flexibility index (Phi) is 16.8. The van der Waals surface area contributed by atoms with Gasteiger partial charge in [-0.15, -0.1) is 11.8 Å². The van der Waals surface area contributed by atoms with Crippen molar-refractivity contribution in [3.63, 3.8) is 0 Å². The average Bonchev–Trinajstić information content (AvgIpc) is 3.10. The van der Waals surface area contributed by atoms with Crippen LogP contribution >= 0.6 is 11.8 Å². The molecular weight excluding hydrogens is 605 g/mol. The van der Waals surface area contributed by atoms with E-state index in [1.54, 1.807) is 11.8 Å². The normalized spacial score (nSPS) is 19.5. The van der Waals surface area contributed by atoms with Crippen LogP contribution in [0, 0.1) is 5.92 Å². The van der Waals surface area contributed by atoms with Crippen LogP contribution in [0.15, 0.2) is 78.0 Å². The quantitative estimate of drug-likeness (QED) is 0.0874. The van der Waals surface area contributed by atoms with Gasteiger partial charge in [-0.05, 0) is 41.8 Å². The SMILES string of the molecule is CCCCCCCCCCCCCCCC(=O)Nc1cccc(C2O[C@H](CSc3ccccn3)[C@H](C)[C@H](c3ccc(CO)cc3)O2)c1. The Bertz CT molecular complexity index is 1290. The second kappa shape index (κ2) is 21.3. The lowest BCUT2D eigenvalue weighted by molar-refractivity contribution is -0.268. The van der Waals surface area contributed by atoms with Crippen LogP contribution in [0.3, 0.4) is 0 Å². The number of pyridine rings is 1. The molecule has 1 aromatic heterocycles. The van der Waals surface area contributed by atoms with Crippen molar-refractivity contribution >= 4 is 23.4 Å². The number of anilines is 1. The summed E-state index contributed by atoms with van der Waals surface area (Å²) < 4.78 is 13.2. The first-order valence-corrected chi connectivity index (χ1v) is 19.0. The number of hydrogen-bond acceptors (Lipinski definition) is 6. The first kappa shape index (κ1) is 37.1. The molecule has 1 saturated heterocycles. The van der Waals surface area contributed by atoms with Crippen LogP contribution < -0.4 is 5.32 Å². The molecule has 0 radical (unpaired) electrons. The van der Waals surface area contributed by atoms with Crippen molar-refractivity contribution in [1.29, 1.82) is 0 Å². The number of nitrogens with zero attached hydrogens (tertiary/aromatic N) is 1. The van der Waals surface area contributed by atoms with Crippen molar-refractivity contribution in [2.75, 3.05) is 11.1 Å². The highest BCUT2D eigenvalue weighted by Crippen LogP contribution is 2.43. The van der Waals surface area contributed by atoms with E-state index in [9.17, 15) is 9.90 Å². The van der Waals surface area contributed by atoms with Gasteiger partial charge in [0.15, 0.2) is 6.29 Å². The summed E-state index contributed by atoms with van der Waals surface area (Å²) in [6.45, 7) is 4.44. The van der Waals surface area contributed by atoms with E-state index >= 15 is 0 Å². The number of unbranched alkanes of at least 4 members (excludes halogenated alkanes) is 12. The zero-order valence-electron chi connectivity index (χ0n) is 28.6. The Morgan fingerprint density at radius 1 is 0.809 bits per heavy atom. The molecule has 47 heavy (non-hydrogen) atoms. The van der Waals surface area contributed by atoms with E-state index < -0.39 is 6.29 Å². The van der Waals surface area contributed by atoms with Crippen LogP contribution in [-0.2, 0) is 20.9 Å². The van der Waals surface area contributed by atoms with Crippen molar-refractivity contribution in [1.82, 2.24) is 4.98 Å². The molecule has 3 aromatic rings. The molecule has 6 nitrogen and oxygen atoms in total. The van der Waals surface area contributed by atoms with Gasteiger partial charge in [0.1, 0.15) is 0 Å². The molecule has 1 fully saturated rings. The second-order valence-electron chi connectivity index (χ2n) is 13.0. The van der Waals surface area contributed by atoms with Crippen LogP contribution in [0.1, 0.15) is 133 Å². The van der Waals surface area contributed by atoms with Gasteiger partial charge in [0.25, 0.3) is 0 Å². The number of aliphatic hydroxyl groups excluding tert-OH is 1. The van der Waals surface area contributed by atoms with Gasteiger partial charge in [-0.3, -0.25) is 4.79 Å². The number of carbonyl (C=O) groups excluding carboxylic acids is 1. The number of nitrogens with one attached hydrogen (secondary N) is 1. The first-order chi connectivity index (χ1) is 23.1. The lowest BCUT2D eigenvalue weighted by Crippen LogP contribution is -2.38. The fourth-order valence-corrected chi connectivity index (χ4v) is 7.23. The van der Waals surface area contributed by atoms with Crippen molar-refractivity contribution in [2.45, 2.75) is 134 Å². The van der Waals surface area contributed by atoms with Gasteiger partial charge in [0, 0.05) is 35.5 Å². The third-order valence-corrected chi connectivity index (χ3v) is 10.1. The van der Waals surface area contributed by atoms with E-state index in [1.807, 2.05) is 72.9 Å². The van der Waals surface area contributed by atoms with E-state index in [1.165, 1.54) is 70.6 Å². The predicted molar refractivity (Wildman–Crippen MR) is 193 cm³/mol. The third-order valence-electron chi connectivity index (χ3n) is 9.11. The van der Waals surface area contributed by atoms with Crippen LogP contribution in [-0.4, -0.2) is 27.9 Å². The third kappa shape index (κ3) is 13.0. The Labute approximate surface area is 287 Å². The standard InChI is InChI=1S/C40H56N2O4S/c1-3-4-5-6-7-8-9-10-11-12-13-14-15-21-37(44)42-35-20-18-19-34(28-35)40-45-36(30-47-38-22-16-17-27-41-38)31(2)39(46-40)33-25-23-32(29-43)24-26-33/h16-20,22-28,31,36,39-40,43H,3-15,21,29-30H2,1-2H3,(H,42,44)/t31-,36+,39+,40?/m0/s1. The fourth-order valence-electron chi connectivity index (χ4n) is 6.20. The largest absolute Gasteiger partial charge is 0.392 e. The van der Waals surface area contributed by atoms with E-state index in [0.29, 0.717) is 6.42 Å². The predicted octanol–water partition coefficient (Wildman–Crippen LogP) is 10.6. The minimum absolute atomic E-state index is 0.00824. The van der Waals surface area contributed by atoms with Crippen LogP contribution in [0.2, 0.25) is 0 Å². The highest BCUT2D eigenvalue weighted by atomic mass is 32.2. The summed E-state index contributed by atoms with van der Waals surface area (Å²) in [6.07, 6.45) is 18.3. The summed E-state index contributed by atoms with van der Waals surface area (Å²) in [6, 6.07) is 21.7. The number of aromatic nitrogens is 1. The number of aliphatic hydroxyl groups is 1. The maximum absolute atomic E-state index is 12.8. The first-order valence-electron chi connectivity index (χ1n) is 18.0. The van der Waals surface area contributed by atoms with Crippen LogP contribution in [0.5, 0.6) is 0 Å². The Hall–Kier alpha value is -2.71. The van der Waals surface area contributed by atoms with Gasteiger partial charge in [0.05, 0.1) is 23.8 Å². The lowest BCUT2D eigenvalue weighted by Gasteiger charge is -2.41. The van der Waals surface area contributed by atoms with Crippen molar-refractivity contribution in [2.24, 2.45) is 5.92 Å². The number of carbonyl (C=O) groups is 1. The fraction of sp³-hybridized carbons (Fsp3) is 0.550. The minimum Gasteiger partial charge on any atom is -0.392 e. The molecule has 0 bridgehead atoms. The molecule has 0 spiro atoms. The van der Waals surface area contributed by atoms with Gasteiger partial charge in [-0.2, -0.15) is 0 Å². The van der Waals surface area contributed by atoms with Crippen LogP contribution in [0.25, 0.3) is 0 Å². The van der Waals surface area contributed by atoms with Gasteiger partial charge in [-0.1, -0.05) is 133 Å². The molecule has 7 heteroatoms. The maximum Gasteiger partial charge on any atom is 0.224 e. The van der Waals surface area contributed by atoms with E-state index in [-0.39, 0.29) is 30.6 Å². The van der Waals surface area contributed by atoms with E-state index in [0.717, 1.165) is 46.0 Å². The molecule has 2 N–H and O–H groups in total. The second-order valence-corrected chi connectivity index (χ2v) is 14.0. The summed E-state index contributed by atoms with van der Waals surface area (Å²) in [7, 11) is 0. The monoisotopic (exact) mass is 660 g/mol. The van der Waals surface area contributed by atoms with Gasteiger partial charge >= 0.3 is 0 Å². The molecule has 4 rings (SSSR count). The van der Waals surface area contributed by atoms with Crippen molar-refractivity contribution in [3.8, 4) is 0 Å². The summed E-state index contributed by atoms with van der Waals surface area (Å²) in [5.74, 6) is 0.875. The summed E-state index contributed by atoms with van der Waals surface area (Å²) in [5, 5.41) is 13.6. The highest BCUT2D eigenvalue weighted by Gasteiger charge is 2.38. The van der Waals surface area contributed by atoms with Gasteiger partial charge in [0.2, 0.25) is 5.91 Å². The lowest BCUT2D eigenvalue weighted by atomic mass is 9.91. The molecule has 1 unspecified atom stereocenters. The molecule has 0 saturated carbocycles. The topological polar surface area (TPSA) is 80.7 Å². The smallest absolute Gasteiger partial charge is 0.224 e. The van der Waals surface area contributed by atoms with Gasteiger partial charge < -0.3 is 19.9 Å². The zero-order valence-corrected chi connectivity index (χ0v) is 29.4. The molecular formula is C40H56N2O4S. The zero-order chi connectivity index (χ0) is 33.1. The molecule has 1 aliphatic rings. The summed E-state index contributed by atoms with van der Waals surface area (Å²) in [5.41, 5.74) is 3.56. The van der Waals surface area contributed by atoms with Crippen molar-refractivity contribution < 1.29 is 19.4 Å². The Balaban J connectivity index is 1.25. The summed E-state index contributed by atoms with van der Waals surface area (Å²) >= 11 is 1.68. The maximum atomic E-state index is 12.8. The van der Waals surface area contributed by atoms with Gasteiger partial charge in [-0.25, -0.2) is 4.98 Å². The number of hydrogen-bond donors (Lipinski definition) is 2. The van der Waals surface area contributed by atoms with E-state index in [2.05, 4.69) is 24.1 Å². The number of benzene rings is 2. The number of amides is 1. The van der Waals surface area contributed by atoms with Crippen molar-refractivity contribution in [3.05, 3.63) is 89.6 Å². The molecule has 4 atom stereocenters. The molecule has 256 valence electrons. The highest BCUT2D eigenvalue weighted by molar-refractivity contribution is 7.99. The number of ether oxygens (including phenoxy) is 2. The number of rotatable bonds is 21. The molecule has 2 heterocycles. The minimum atomic E-state index is -0.582. The number of thioether (sulfide) groups is 1. The summed E-state index contributed by atoms with van der Waals surface area (Å²) in [4.78, 5) is 17.3.